The van der Waals surface area contributed by atoms with Crippen molar-refractivity contribution in [3.63, 3.8) is 0 Å². The van der Waals surface area contributed by atoms with Gasteiger partial charge in [-0.25, -0.2) is 0 Å². The number of rotatable bonds is 8. The van der Waals surface area contributed by atoms with Crippen LogP contribution in [0.3, 0.4) is 0 Å². The minimum atomic E-state index is -0.717. The first-order valence-electron chi connectivity index (χ1n) is 9.17. The molecule has 144 valence electrons. The fourth-order valence-corrected chi connectivity index (χ4v) is 2.63. The molecule has 0 aromatic heterocycles. The first-order valence-corrected chi connectivity index (χ1v) is 9.17. The molecule has 1 N–H and O–H groups in total. The van der Waals surface area contributed by atoms with Gasteiger partial charge in [0.15, 0.2) is 0 Å². The highest BCUT2D eigenvalue weighted by molar-refractivity contribution is 6.63. The lowest BCUT2D eigenvalue weighted by Gasteiger charge is -2.32. The second-order valence-corrected chi connectivity index (χ2v) is 7.53. The van der Waals surface area contributed by atoms with Crippen LogP contribution in [0, 0.1) is 10.1 Å². The smallest absolute Gasteiger partial charge is 0.494 e. The molecule has 7 nitrogen and oxygen atoms in total. The van der Waals surface area contributed by atoms with Crippen LogP contribution in [0.2, 0.25) is 0 Å². The van der Waals surface area contributed by atoms with Crippen LogP contribution in [0.5, 0.6) is 5.75 Å². The summed E-state index contributed by atoms with van der Waals surface area (Å²) in [6.45, 7) is 13.0. The van der Waals surface area contributed by atoms with Crippen molar-refractivity contribution in [3.05, 3.63) is 22.2 Å². The van der Waals surface area contributed by atoms with Crippen LogP contribution in [-0.2, 0) is 9.31 Å². The Morgan fingerprint density at radius 1 is 1.15 bits per heavy atom. The largest absolute Gasteiger partial charge is 0.498 e. The van der Waals surface area contributed by atoms with Crippen molar-refractivity contribution >= 4 is 24.0 Å². The number of hydrogen-bond donors (Lipinski definition) is 1. The molecule has 1 heterocycles. The van der Waals surface area contributed by atoms with Crippen molar-refractivity contribution in [3.8, 4) is 5.75 Å². The van der Waals surface area contributed by atoms with Gasteiger partial charge in [0.25, 0.3) is 5.69 Å². The molecule has 8 heteroatoms. The molecular formula is C18H29BN2O5. The van der Waals surface area contributed by atoms with Crippen LogP contribution in [0.1, 0.15) is 54.4 Å². The topological polar surface area (TPSA) is 82.9 Å². The third kappa shape index (κ3) is 4.12. The number of ether oxygens (including phenoxy) is 1. The van der Waals surface area contributed by atoms with Gasteiger partial charge in [-0.05, 0) is 40.5 Å². The van der Waals surface area contributed by atoms with Crippen molar-refractivity contribution in [1.82, 2.24) is 0 Å². The van der Waals surface area contributed by atoms with Gasteiger partial charge in [0.05, 0.1) is 22.7 Å². The average Bonchev–Trinajstić information content (AvgIpc) is 2.78. The van der Waals surface area contributed by atoms with Crippen LogP contribution in [0.4, 0.5) is 11.4 Å². The normalized spacial score (nSPS) is 18.0. The lowest BCUT2D eigenvalue weighted by atomic mass is 9.77. The van der Waals surface area contributed by atoms with E-state index in [-0.39, 0.29) is 5.69 Å². The summed E-state index contributed by atoms with van der Waals surface area (Å²) in [6, 6.07) is 3.19. The number of anilines is 1. The summed E-state index contributed by atoms with van der Waals surface area (Å²) in [4.78, 5) is 11.2. The standard InChI is InChI=1S/C18H29BN2O5/c1-7-9-20-14-12-16(24-10-8-2)13(11-15(14)21(22)23)19-25-17(3,4)18(5,6)26-19/h11-12,20H,7-10H2,1-6H3. The molecule has 0 saturated carbocycles. The van der Waals surface area contributed by atoms with Gasteiger partial charge in [0.2, 0.25) is 0 Å². The van der Waals surface area contributed by atoms with E-state index < -0.39 is 23.2 Å². The molecule has 1 fully saturated rings. The zero-order chi connectivity index (χ0) is 19.5. The summed E-state index contributed by atoms with van der Waals surface area (Å²) in [5, 5.41) is 14.7. The average molecular weight is 364 g/mol. The Bertz CT molecular complexity index is 647. The summed E-state index contributed by atoms with van der Waals surface area (Å²) >= 11 is 0. The van der Waals surface area contributed by atoms with Crippen molar-refractivity contribution < 1.29 is 19.0 Å². The molecular weight excluding hydrogens is 335 g/mol. The molecule has 0 unspecified atom stereocenters. The molecule has 2 rings (SSSR count). The van der Waals surface area contributed by atoms with E-state index in [2.05, 4.69) is 5.32 Å². The van der Waals surface area contributed by atoms with E-state index in [0.717, 1.165) is 12.8 Å². The fraction of sp³-hybridized carbons (Fsp3) is 0.667. The Hall–Kier alpha value is -1.80. The molecule has 26 heavy (non-hydrogen) atoms. The Morgan fingerprint density at radius 3 is 2.27 bits per heavy atom. The maximum absolute atomic E-state index is 11.6. The monoisotopic (exact) mass is 364 g/mol. The predicted octanol–water partition coefficient (Wildman–Crippen LogP) is 3.50. The number of nitro groups is 1. The van der Waals surface area contributed by atoms with Gasteiger partial charge in [-0.15, -0.1) is 0 Å². The molecule has 0 aliphatic carbocycles. The molecule has 1 aliphatic rings. The first kappa shape index (κ1) is 20.5. The Labute approximate surface area is 155 Å². The van der Waals surface area contributed by atoms with Gasteiger partial charge >= 0.3 is 7.12 Å². The van der Waals surface area contributed by atoms with Crippen LogP contribution in [0.25, 0.3) is 0 Å². The number of nitrogens with one attached hydrogen (secondary N) is 1. The minimum Gasteiger partial charge on any atom is -0.494 e. The highest BCUT2D eigenvalue weighted by atomic mass is 16.7. The van der Waals surface area contributed by atoms with Crippen LogP contribution < -0.4 is 15.5 Å². The van der Waals surface area contributed by atoms with Gasteiger partial charge in [-0.2, -0.15) is 0 Å². The SMILES string of the molecule is CCCNc1cc(OCCC)c(B2OC(C)(C)C(C)(C)O2)cc1[N+](=O)[O-]. The highest BCUT2D eigenvalue weighted by Gasteiger charge is 2.53. The van der Waals surface area contributed by atoms with Crippen molar-refractivity contribution in [2.24, 2.45) is 0 Å². The fourth-order valence-electron chi connectivity index (χ4n) is 2.63. The third-order valence-corrected chi connectivity index (χ3v) is 4.86. The number of benzene rings is 1. The minimum absolute atomic E-state index is 0.00740. The molecule has 0 atom stereocenters. The second kappa shape index (κ2) is 7.84. The van der Waals surface area contributed by atoms with Gasteiger partial charge in [-0.1, -0.05) is 13.8 Å². The predicted molar refractivity (Wildman–Crippen MR) is 103 cm³/mol. The molecule has 1 aliphatic heterocycles. The second-order valence-electron chi connectivity index (χ2n) is 7.53. The van der Waals surface area contributed by atoms with Crippen molar-refractivity contribution in [2.75, 3.05) is 18.5 Å². The van der Waals surface area contributed by atoms with Crippen molar-refractivity contribution in [1.29, 1.82) is 0 Å². The van der Waals surface area contributed by atoms with E-state index in [1.807, 2.05) is 41.5 Å². The Morgan fingerprint density at radius 2 is 1.77 bits per heavy atom. The van der Waals surface area contributed by atoms with Crippen LogP contribution in [0.15, 0.2) is 12.1 Å². The van der Waals surface area contributed by atoms with Gasteiger partial charge < -0.3 is 19.4 Å². The summed E-state index contributed by atoms with van der Waals surface area (Å²) in [6.07, 6.45) is 1.69. The number of hydrogen-bond acceptors (Lipinski definition) is 6. The van der Waals surface area contributed by atoms with Crippen LogP contribution in [-0.4, -0.2) is 36.4 Å². The van der Waals surface area contributed by atoms with Crippen LogP contribution >= 0.6 is 0 Å². The zero-order valence-corrected chi connectivity index (χ0v) is 16.5. The third-order valence-electron chi connectivity index (χ3n) is 4.86. The Kier molecular flexibility index (Phi) is 6.19. The number of nitrogens with zero attached hydrogens (tertiary/aromatic N) is 1. The van der Waals surface area contributed by atoms with E-state index >= 15 is 0 Å². The molecule has 1 aromatic rings. The van der Waals surface area contributed by atoms with E-state index in [4.69, 9.17) is 14.0 Å². The van der Waals surface area contributed by atoms with E-state index in [1.54, 1.807) is 6.07 Å². The lowest BCUT2D eigenvalue weighted by molar-refractivity contribution is -0.383. The molecule has 0 radical (unpaired) electrons. The summed E-state index contributed by atoms with van der Waals surface area (Å²) in [5.74, 6) is 0.551. The Balaban J connectivity index is 2.49. The summed E-state index contributed by atoms with van der Waals surface area (Å²) in [7, 11) is -0.717. The van der Waals surface area contributed by atoms with Gasteiger partial charge in [-0.3, -0.25) is 10.1 Å². The van der Waals surface area contributed by atoms with Gasteiger partial charge in [0.1, 0.15) is 11.4 Å². The maximum Gasteiger partial charge on any atom is 0.498 e. The quantitative estimate of drug-likeness (QED) is 0.432. The molecule has 0 amide bonds. The summed E-state index contributed by atoms with van der Waals surface area (Å²) in [5.41, 5.74) is -0.0811. The van der Waals surface area contributed by atoms with E-state index in [1.165, 1.54) is 6.07 Å². The van der Waals surface area contributed by atoms with E-state index in [9.17, 15) is 10.1 Å². The summed E-state index contributed by atoms with van der Waals surface area (Å²) < 4.78 is 18.0. The van der Waals surface area contributed by atoms with Gasteiger partial charge in [0, 0.05) is 24.1 Å². The van der Waals surface area contributed by atoms with E-state index in [0.29, 0.717) is 30.1 Å². The first-order chi connectivity index (χ1) is 12.1. The lowest BCUT2D eigenvalue weighted by Crippen LogP contribution is -2.41. The maximum atomic E-state index is 11.6. The van der Waals surface area contributed by atoms with Crippen molar-refractivity contribution in [2.45, 2.75) is 65.6 Å². The molecule has 1 aromatic carbocycles. The zero-order valence-electron chi connectivity index (χ0n) is 16.5. The molecule has 0 spiro atoms. The highest BCUT2D eigenvalue weighted by Crippen LogP contribution is 2.38. The molecule has 1 saturated heterocycles. The molecule has 0 bridgehead atoms. The number of nitro benzene ring substituents is 1.